The predicted molar refractivity (Wildman–Crippen MR) is 62.5 cm³/mol. The second-order valence-electron chi connectivity index (χ2n) is 3.93. The van der Waals surface area contributed by atoms with Gasteiger partial charge in [0.1, 0.15) is 5.76 Å². The van der Waals surface area contributed by atoms with Gasteiger partial charge in [-0.05, 0) is 23.8 Å². The summed E-state index contributed by atoms with van der Waals surface area (Å²) in [5.41, 5.74) is 0.0365. The summed E-state index contributed by atoms with van der Waals surface area (Å²) in [6, 6.07) is 7.04. The first-order chi connectivity index (χ1) is 8.61. The highest BCUT2D eigenvalue weighted by atomic mass is 19.2. The first-order valence-electron chi connectivity index (χ1n) is 5.66. The average Bonchev–Trinajstić information content (AvgIpc) is 2.83. The molecule has 18 heavy (non-hydrogen) atoms. The molecule has 0 bridgehead atoms. The molecule has 2 rings (SSSR count). The average molecular weight is 250 g/mol. The Bertz CT molecular complexity index is 573. The van der Waals surface area contributed by atoms with Gasteiger partial charge < -0.3 is 4.42 Å². The maximum absolute atomic E-state index is 13.4. The van der Waals surface area contributed by atoms with Crippen LogP contribution >= 0.6 is 0 Å². The largest absolute Gasteiger partial charge is 0.458 e. The van der Waals surface area contributed by atoms with Gasteiger partial charge in [0, 0.05) is 12.8 Å². The molecule has 2 aromatic rings. The van der Waals surface area contributed by atoms with Gasteiger partial charge >= 0.3 is 0 Å². The highest BCUT2D eigenvalue weighted by Crippen LogP contribution is 2.16. The third kappa shape index (κ3) is 2.47. The molecule has 4 heteroatoms. The van der Waals surface area contributed by atoms with Crippen LogP contribution < -0.4 is 0 Å². The summed E-state index contributed by atoms with van der Waals surface area (Å²) >= 11 is 0. The lowest BCUT2D eigenvalue weighted by molar-refractivity contribution is 0.0963. The molecule has 0 aliphatic carbocycles. The van der Waals surface area contributed by atoms with E-state index in [1.165, 1.54) is 12.1 Å². The van der Waals surface area contributed by atoms with Gasteiger partial charge in [-0.25, -0.2) is 8.78 Å². The molecule has 1 heterocycles. The van der Waals surface area contributed by atoms with E-state index in [0.717, 1.165) is 6.07 Å². The van der Waals surface area contributed by atoms with Crippen molar-refractivity contribution in [2.24, 2.45) is 0 Å². The van der Waals surface area contributed by atoms with Crippen LogP contribution in [0.3, 0.4) is 0 Å². The highest BCUT2D eigenvalue weighted by molar-refractivity contribution is 5.95. The summed E-state index contributed by atoms with van der Waals surface area (Å²) in [4.78, 5) is 11.8. The molecule has 0 saturated heterocycles. The van der Waals surface area contributed by atoms with E-state index >= 15 is 0 Å². The number of halogens is 2. The van der Waals surface area contributed by atoms with Crippen molar-refractivity contribution >= 4 is 5.78 Å². The van der Waals surface area contributed by atoms with E-state index < -0.39 is 11.6 Å². The van der Waals surface area contributed by atoms with Crippen molar-refractivity contribution in [2.45, 2.75) is 19.8 Å². The number of Topliss-reactive ketones (excluding diaryl/α,β-unsaturated/α-hetero) is 1. The second kappa shape index (κ2) is 5.12. The van der Waals surface area contributed by atoms with Crippen LogP contribution in [0.5, 0.6) is 0 Å². The molecule has 1 aromatic carbocycles. The molecule has 0 radical (unpaired) electrons. The van der Waals surface area contributed by atoms with Gasteiger partial charge in [0.15, 0.2) is 17.4 Å². The van der Waals surface area contributed by atoms with E-state index in [9.17, 15) is 13.6 Å². The number of carbonyl (C=O) groups is 1. The fraction of sp³-hybridized carbons (Fsp3) is 0.214. The molecular weight excluding hydrogens is 238 g/mol. The second-order valence-corrected chi connectivity index (χ2v) is 3.93. The quantitative estimate of drug-likeness (QED) is 0.777. The third-order valence-corrected chi connectivity index (χ3v) is 2.67. The number of carbonyl (C=O) groups excluding carboxylic acids is 1. The molecule has 0 atom stereocenters. The number of aryl methyl sites for hydroxylation is 1. The number of ketones is 1. The van der Waals surface area contributed by atoms with E-state index in [2.05, 4.69) is 0 Å². The summed E-state index contributed by atoms with van der Waals surface area (Å²) in [5.74, 6) is -1.42. The molecule has 1 aromatic heterocycles. The topological polar surface area (TPSA) is 30.2 Å². The van der Waals surface area contributed by atoms with Crippen LogP contribution in [-0.4, -0.2) is 5.78 Å². The normalized spacial score (nSPS) is 10.6. The highest BCUT2D eigenvalue weighted by Gasteiger charge is 2.15. The number of hydrogen-bond donors (Lipinski definition) is 0. The Hall–Kier alpha value is -1.97. The molecule has 0 unspecified atom stereocenters. The first kappa shape index (κ1) is 12.5. The Morgan fingerprint density at radius 1 is 1.22 bits per heavy atom. The monoisotopic (exact) mass is 250 g/mol. The van der Waals surface area contributed by atoms with E-state index in [1.54, 1.807) is 12.1 Å². The lowest BCUT2D eigenvalue weighted by Crippen LogP contribution is -2.05. The van der Waals surface area contributed by atoms with Crippen LogP contribution in [-0.2, 0) is 12.8 Å². The molecule has 94 valence electrons. The van der Waals surface area contributed by atoms with E-state index in [0.29, 0.717) is 12.2 Å². The molecule has 0 aliphatic rings. The van der Waals surface area contributed by atoms with Gasteiger partial charge in [0.25, 0.3) is 0 Å². The van der Waals surface area contributed by atoms with Crippen LogP contribution in [0.15, 0.2) is 34.7 Å². The van der Waals surface area contributed by atoms with Crippen LogP contribution in [0.25, 0.3) is 0 Å². The predicted octanol–water partition coefficient (Wildman–Crippen LogP) is 3.55. The van der Waals surface area contributed by atoms with Crippen molar-refractivity contribution in [3.63, 3.8) is 0 Å². The maximum atomic E-state index is 13.4. The van der Waals surface area contributed by atoms with Gasteiger partial charge in [-0.2, -0.15) is 0 Å². The van der Waals surface area contributed by atoms with Gasteiger partial charge in [-0.1, -0.05) is 19.1 Å². The SMILES string of the molecule is CCc1ccc(C(=O)Cc2cccc(F)c2F)o1. The fourth-order valence-corrected chi connectivity index (χ4v) is 1.66. The van der Waals surface area contributed by atoms with Crippen molar-refractivity contribution in [2.75, 3.05) is 0 Å². The fourth-order valence-electron chi connectivity index (χ4n) is 1.66. The summed E-state index contributed by atoms with van der Waals surface area (Å²) in [5, 5.41) is 0. The van der Waals surface area contributed by atoms with Crippen molar-refractivity contribution in [3.8, 4) is 0 Å². The smallest absolute Gasteiger partial charge is 0.202 e. The number of benzene rings is 1. The van der Waals surface area contributed by atoms with Crippen molar-refractivity contribution in [1.82, 2.24) is 0 Å². The summed E-state index contributed by atoms with van der Waals surface area (Å²) < 4.78 is 31.6. The third-order valence-electron chi connectivity index (χ3n) is 2.67. The Labute approximate surface area is 103 Å². The summed E-state index contributed by atoms with van der Waals surface area (Å²) in [7, 11) is 0. The molecule has 0 fully saturated rings. The van der Waals surface area contributed by atoms with Crippen molar-refractivity contribution in [1.29, 1.82) is 0 Å². The van der Waals surface area contributed by atoms with Gasteiger partial charge in [-0.15, -0.1) is 0 Å². The molecule has 0 saturated carbocycles. The van der Waals surface area contributed by atoms with Crippen molar-refractivity contribution < 1.29 is 18.0 Å². The molecule has 0 amide bonds. The lowest BCUT2D eigenvalue weighted by Gasteiger charge is -2.01. The molecule has 2 nitrogen and oxygen atoms in total. The Kier molecular flexibility index (Phi) is 3.55. The van der Waals surface area contributed by atoms with Gasteiger partial charge in [0.2, 0.25) is 5.78 Å². The zero-order valence-corrected chi connectivity index (χ0v) is 9.87. The maximum Gasteiger partial charge on any atom is 0.202 e. The van der Waals surface area contributed by atoms with E-state index in [-0.39, 0.29) is 23.5 Å². The van der Waals surface area contributed by atoms with E-state index in [4.69, 9.17) is 4.42 Å². The summed E-state index contributed by atoms with van der Waals surface area (Å²) in [6.07, 6.45) is 0.474. The van der Waals surface area contributed by atoms with Gasteiger partial charge in [-0.3, -0.25) is 4.79 Å². The molecule has 0 spiro atoms. The van der Waals surface area contributed by atoms with Crippen LogP contribution in [0, 0.1) is 11.6 Å². The summed E-state index contributed by atoms with van der Waals surface area (Å²) in [6.45, 7) is 1.90. The minimum Gasteiger partial charge on any atom is -0.458 e. The zero-order valence-electron chi connectivity index (χ0n) is 9.87. The van der Waals surface area contributed by atoms with Crippen LogP contribution in [0.1, 0.15) is 28.8 Å². The Morgan fingerprint density at radius 3 is 2.67 bits per heavy atom. The lowest BCUT2D eigenvalue weighted by atomic mass is 10.1. The Balaban J connectivity index is 2.18. The Morgan fingerprint density at radius 2 is 2.00 bits per heavy atom. The minimum absolute atomic E-state index is 0.0365. The van der Waals surface area contributed by atoms with E-state index in [1.807, 2.05) is 6.92 Å². The molecule has 0 N–H and O–H groups in total. The van der Waals surface area contributed by atoms with Gasteiger partial charge in [0.05, 0.1) is 0 Å². The minimum atomic E-state index is -0.979. The number of furan rings is 1. The molecular formula is C14H12F2O2. The zero-order chi connectivity index (χ0) is 13.1. The van der Waals surface area contributed by atoms with Crippen LogP contribution in [0.2, 0.25) is 0 Å². The standard InChI is InChI=1S/C14H12F2O2/c1-2-10-6-7-13(18-10)12(17)8-9-4-3-5-11(15)14(9)16/h3-7H,2,8H2,1H3. The number of rotatable bonds is 4. The molecule has 0 aliphatic heterocycles. The van der Waals surface area contributed by atoms with Crippen LogP contribution in [0.4, 0.5) is 8.78 Å². The first-order valence-corrected chi connectivity index (χ1v) is 5.66. The number of hydrogen-bond acceptors (Lipinski definition) is 2. The van der Waals surface area contributed by atoms with Crippen molar-refractivity contribution in [3.05, 3.63) is 59.1 Å².